The highest BCUT2D eigenvalue weighted by atomic mass is 35.5. The number of aromatic nitrogens is 1. The summed E-state index contributed by atoms with van der Waals surface area (Å²) in [6.45, 7) is 5.21. The summed E-state index contributed by atoms with van der Waals surface area (Å²) in [5, 5.41) is 4.04. The van der Waals surface area contributed by atoms with Crippen molar-refractivity contribution in [3.8, 4) is 0 Å². The zero-order valence-electron chi connectivity index (χ0n) is 11.8. The fraction of sp³-hybridized carbons (Fsp3) is 0.400. The first-order valence-electron chi connectivity index (χ1n) is 6.66. The molecule has 0 spiro atoms. The summed E-state index contributed by atoms with van der Waals surface area (Å²) in [6.07, 6.45) is 1.03. The first-order valence-corrected chi connectivity index (χ1v) is 6.66. The summed E-state index contributed by atoms with van der Waals surface area (Å²) < 4.78 is 5.10. The highest BCUT2D eigenvalue weighted by Gasteiger charge is 2.08. The quantitative estimate of drug-likeness (QED) is 0.852. The third-order valence-electron chi connectivity index (χ3n) is 3.07. The molecule has 0 bridgehead atoms. The lowest BCUT2D eigenvalue weighted by atomic mass is 10.1. The number of rotatable bonds is 7. The molecule has 0 unspecified atom stereocenters. The Labute approximate surface area is 126 Å². The molecule has 0 saturated carbocycles. The van der Waals surface area contributed by atoms with Crippen LogP contribution in [-0.4, -0.2) is 29.7 Å². The van der Waals surface area contributed by atoms with Gasteiger partial charge in [0.1, 0.15) is 5.76 Å². The summed E-state index contributed by atoms with van der Waals surface area (Å²) >= 11 is 0. The summed E-state index contributed by atoms with van der Waals surface area (Å²) in [5.41, 5.74) is 7.99. The predicted octanol–water partition coefficient (Wildman–Crippen LogP) is 2.41. The van der Waals surface area contributed by atoms with Gasteiger partial charge in [0, 0.05) is 32.2 Å². The van der Waals surface area contributed by atoms with Crippen molar-refractivity contribution < 1.29 is 4.52 Å². The van der Waals surface area contributed by atoms with Crippen LogP contribution in [0.15, 0.2) is 40.9 Å². The lowest BCUT2D eigenvalue weighted by Gasteiger charge is -2.20. The Morgan fingerprint density at radius 2 is 1.95 bits per heavy atom. The van der Waals surface area contributed by atoms with E-state index in [1.807, 2.05) is 19.1 Å². The first kappa shape index (κ1) is 16.7. The van der Waals surface area contributed by atoms with Gasteiger partial charge in [-0.25, -0.2) is 0 Å². The minimum atomic E-state index is 0. The van der Waals surface area contributed by atoms with Crippen LogP contribution in [0.4, 0.5) is 0 Å². The van der Waals surface area contributed by atoms with Crippen LogP contribution in [0.5, 0.6) is 0 Å². The molecule has 1 aromatic carbocycles. The van der Waals surface area contributed by atoms with E-state index in [2.05, 4.69) is 34.3 Å². The van der Waals surface area contributed by atoms with Crippen LogP contribution in [0.1, 0.15) is 17.0 Å². The van der Waals surface area contributed by atoms with E-state index in [0.29, 0.717) is 6.54 Å². The summed E-state index contributed by atoms with van der Waals surface area (Å²) in [4.78, 5) is 2.31. The van der Waals surface area contributed by atoms with Gasteiger partial charge < -0.3 is 10.3 Å². The van der Waals surface area contributed by atoms with Gasteiger partial charge in [-0.1, -0.05) is 35.5 Å². The van der Waals surface area contributed by atoms with Crippen LogP contribution in [0.2, 0.25) is 0 Å². The average Bonchev–Trinajstić information content (AvgIpc) is 2.83. The van der Waals surface area contributed by atoms with Crippen molar-refractivity contribution >= 4 is 12.4 Å². The molecule has 0 aliphatic carbocycles. The Hall–Kier alpha value is -1.36. The molecular formula is C15H22ClN3O. The van der Waals surface area contributed by atoms with Crippen molar-refractivity contribution in [1.29, 1.82) is 0 Å². The van der Waals surface area contributed by atoms with Gasteiger partial charge in [-0.15, -0.1) is 12.4 Å². The van der Waals surface area contributed by atoms with Crippen molar-refractivity contribution in [2.45, 2.75) is 19.9 Å². The van der Waals surface area contributed by atoms with Gasteiger partial charge in [-0.2, -0.15) is 0 Å². The summed E-state index contributed by atoms with van der Waals surface area (Å²) in [7, 11) is 0. The minimum absolute atomic E-state index is 0. The molecule has 5 heteroatoms. The predicted molar refractivity (Wildman–Crippen MR) is 83.0 cm³/mol. The third kappa shape index (κ3) is 5.33. The second-order valence-electron chi connectivity index (χ2n) is 4.73. The molecule has 0 fully saturated rings. The second kappa shape index (κ2) is 8.74. The molecule has 1 heterocycles. The van der Waals surface area contributed by atoms with E-state index in [9.17, 15) is 0 Å². The lowest BCUT2D eigenvalue weighted by molar-refractivity contribution is 0.265. The maximum Gasteiger partial charge on any atom is 0.133 e. The van der Waals surface area contributed by atoms with E-state index in [4.69, 9.17) is 10.3 Å². The van der Waals surface area contributed by atoms with Crippen molar-refractivity contribution in [1.82, 2.24) is 10.1 Å². The van der Waals surface area contributed by atoms with Gasteiger partial charge in [0.15, 0.2) is 0 Å². The monoisotopic (exact) mass is 295 g/mol. The highest BCUT2D eigenvalue weighted by Crippen LogP contribution is 2.07. The summed E-state index contributed by atoms with van der Waals surface area (Å²) in [5.74, 6) is 0.853. The maximum absolute atomic E-state index is 5.67. The standard InChI is InChI=1S/C15H21N3O.ClH/c1-13-11-15(17-19-13)12-18(10-8-16)9-7-14-5-3-2-4-6-14;/h2-6,11H,7-10,12,16H2,1H3;1H. The van der Waals surface area contributed by atoms with Gasteiger partial charge in [0.25, 0.3) is 0 Å². The van der Waals surface area contributed by atoms with E-state index >= 15 is 0 Å². The number of nitrogens with zero attached hydrogens (tertiary/aromatic N) is 2. The fourth-order valence-corrected chi connectivity index (χ4v) is 2.11. The second-order valence-corrected chi connectivity index (χ2v) is 4.73. The van der Waals surface area contributed by atoms with Crippen LogP contribution < -0.4 is 5.73 Å². The molecule has 4 nitrogen and oxygen atoms in total. The molecule has 20 heavy (non-hydrogen) atoms. The van der Waals surface area contributed by atoms with Crippen LogP contribution >= 0.6 is 12.4 Å². The van der Waals surface area contributed by atoms with Gasteiger partial charge >= 0.3 is 0 Å². The van der Waals surface area contributed by atoms with Crippen molar-refractivity contribution in [3.05, 3.63) is 53.4 Å². The van der Waals surface area contributed by atoms with Gasteiger partial charge in [-0.05, 0) is 18.9 Å². The number of hydrogen-bond donors (Lipinski definition) is 1. The van der Waals surface area contributed by atoms with E-state index < -0.39 is 0 Å². The maximum atomic E-state index is 5.67. The zero-order chi connectivity index (χ0) is 13.5. The molecule has 0 aliphatic heterocycles. The number of halogens is 1. The van der Waals surface area contributed by atoms with Crippen LogP contribution in [0.25, 0.3) is 0 Å². The Balaban J connectivity index is 0.00000200. The highest BCUT2D eigenvalue weighted by molar-refractivity contribution is 5.85. The average molecular weight is 296 g/mol. The zero-order valence-corrected chi connectivity index (χ0v) is 12.6. The largest absolute Gasteiger partial charge is 0.361 e. The smallest absolute Gasteiger partial charge is 0.133 e. The number of nitrogens with two attached hydrogens (primary N) is 1. The normalized spacial score (nSPS) is 10.6. The lowest BCUT2D eigenvalue weighted by Crippen LogP contribution is -2.31. The molecule has 1 aromatic heterocycles. The van der Waals surface area contributed by atoms with Gasteiger partial charge in [0.05, 0.1) is 5.69 Å². The number of aryl methyl sites for hydroxylation is 1. The van der Waals surface area contributed by atoms with Crippen molar-refractivity contribution in [2.24, 2.45) is 5.73 Å². The topological polar surface area (TPSA) is 55.3 Å². The Morgan fingerprint density at radius 3 is 2.55 bits per heavy atom. The van der Waals surface area contributed by atoms with Gasteiger partial charge in [0.2, 0.25) is 0 Å². The molecule has 2 N–H and O–H groups in total. The van der Waals surface area contributed by atoms with Crippen LogP contribution in [0.3, 0.4) is 0 Å². The minimum Gasteiger partial charge on any atom is -0.361 e. The van der Waals surface area contributed by atoms with E-state index in [0.717, 1.165) is 37.5 Å². The fourth-order valence-electron chi connectivity index (χ4n) is 2.11. The molecule has 0 saturated heterocycles. The van der Waals surface area contributed by atoms with Crippen molar-refractivity contribution in [2.75, 3.05) is 19.6 Å². The van der Waals surface area contributed by atoms with Gasteiger partial charge in [-0.3, -0.25) is 4.90 Å². The van der Waals surface area contributed by atoms with Crippen LogP contribution in [-0.2, 0) is 13.0 Å². The molecule has 0 amide bonds. The van der Waals surface area contributed by atoms with E-state index in [1.54, 1.807) is 0 Å². The third-order valence-corrected chi connectivity index (χ3v) is 3.07. The summed E-state index contributed by atoms with van der Waals surface area (Å²) in [6, 6.07) is 12.5. The van der Waals surface area contributed by atoms with Crippen molar-refractivity contribution in [3.63, 3.8) is 0 Å². The number of hydrogen-bond acceptors (Lipinski definition) is 4. The molecule has 0 atom stereocenters. The van der Waals surface area contributed by atoms with E-state index in [1.165, 1.54) is 5.56 Å². The van der Waals surface area contributed by atoms with Crippen LogP contribution in [0, 0.1) is 6.92 Å². The molecule has 0 aliphatic rings. The Bertz CT molecular complexity index is 487. The molecule has 110 valence electrons. The Morgan fingerprint density at radius 1 is 1.20 bits per heavy atom. The SMILES string of the molecule is Cc1cc(CN(CCN)CCc2ccccc2)no1.Cl. The molecule has 0 radical (unpaired) electrons. The first-order chi connectivity index (χ1) is 9.28. The molecule has 2 rings (SSSR count). The number of benzene rings is 1. The Kier molecular flexibility index (Phi) is 7.30. The molecular weight excluding hydrogens is 274 g/mol. The molecule has 2 aromatic rings. The van der Waals surface area contributed by atoms with E-state index in [-0.39, 0.29) is 12.4 Å².